The van der Waals surface area contributed by atoms with Crippen LogP contribution in [0.5, 0.6) is 0 Å². The summed E-state index contributed by atoms with van der Waals surface area (Å²) in [5.41, 5.74) is 0.688. The molecule has 2 rings (SSSR count). The number of para-hydroxylation sites is 1. The number of rotatable bonds is 2. The quantitative estimate of drug-likeness (QED) is 0.752. The first-order chi connectivity index (χ1) is 8.47. The Kier molecular flexibility index (Phi) is 3.60. The molecule has 3 nitrogen and oxygen atoms in total. The molecular formula is C15H21NO2. The Morgan fingerprint density at radius 3 is 2.56 bits per heavy atom. The molecule has 0 aromatic heterocycles. The lowest BCUT2D eigenvalue weighted by molar-refractivity contribution is -0.156. The van der Waals surface area contributed by atoms with E-state index in [1.54, 1.807) is 0 Å². The van der Waals surface area contributed by atoms with Crippen molar-refractivity contribution in [2.24, 2.45) is 0 Å². The largest absolute Gasteiger partial charge is 0.458 e. The first-order valence-corrected chi connectivity index (χ1v) is 6.52. The number of nitrogens with zero attached hydrogens (tertiary/aromatic N) is 1. The minimum Gasteiger partial charge on any atom is -0.458 e. The third-order valence-corrected chi connectivity index (χ3v) is 3.02. The number of hydrogen-bond donors (Lipinski definition) is 0. The van der Waals surface area contributed by atoms with Crippen LogP contribution in [-0.2, 0) is 9.53 Å². The number of ether oxygens (including phenoxy) is 1. The summed E-state index contributed by atoms with van der Waals surface area (Å²) in [5, 5.41) is 0. The van der Waals surface area contributed by atoms with Crippen LogP contribution in [0.3, 0.4) is 0 Å². The molecule has 0 amide bonds. The van der Waals surface area contributed by atoms with Crippen molar-refractivity contribution in [1.82, 2.24) is 0 Å². The second-order valence-electron chi connectivity index (χ2n) is 5.72. The van der Waals surface area contributed by atoms with Gasteiger partial charge in [0.15, 0.2) is 0 Å². The molecule has 3 heteroatoms. The summed E-state index contributed by atoms with van der Waals surface area (Å²) in [6, 6.07) is 9.94. The molecule has 0 saturated carbocycles. The van der Waals surface area contributed by atoms with Crippen molar-refractivity contribution in [2.45, 2.75) is 45.3 Å². The molecule has 1 unspecified atom stereocenters. The molecule has 0 spiro atoms. The van der Waals surface area contributed by atoms with E-state index in [0.29, 0.717) is 0 Å². The lowest BCUT2D eigenvalue weighted by Crippen LogP contribution is -2.40. The Hall–Kier alpha value is -1.51. The Bertz CT molecular complexity index is 408. The lowest BCUT2D eigenvalue weighted by atomic mass is 10.1. The molecule has 0 N–H and O–H groups in total. The zero-order valence-electron chi connectivity index (χ0n) is 11.3. The van der Waals surface area contributed by atoms with Crippen LogP contribution in [0.1, 0.15) is 33.6 Å². The topological polar surface area (TPSA) is 29.5 Å². The average Bonchev–Trinajstić information content (AvgIpc) is 2.76. The molecule has 0 radical (unpaired) electrons. The van der Waals surface area contributed by atoms with E-state index < -0.39 is 5.60 Å². The predicted molar refractivity (Wildman–Crippen MR) is 72.7 cm³/mol. The second-order valence-corrected chi connectivity index (χ2v) is 5.72. The highest BCUT2D eigenvalue weighted by molar-refractivity contribution is 5.81. The van der Waals surface area contributed by atoms with Gasteiger partial charge in [-0.05, 0) is 45.7 Å². The van der Waals surface area contributed by atoms with Crippen molar-refractivity contribution in [3.05, 3.63) is 30.3 Å². The van der Waals surface area contributed by atoms with E-state index in [-0.39, 0.29) is 12.0 Å². The van der Waals surface area contributed by atoms with Crippen molar-refractivity contribution >= 4 is 11.7 Å². The van der Waals surface area contributed by atoms with Gasteiger partial charge >= 0.3 is 5.97 Å². The molecule has 18 heavy (non-hydrogen) atoms. The van der Waals surface area contributed by atoms with E-state index in [2.05, 4.69) is 4.90 Å². The highest BCUT2D eigenvalue weighted by atomic mass is 16.6. The van der Waals surface area contributed by atoms with Crippen molar-refractivity contribution < 1.29 is 9.53 Å². The molecule has 1 aliphatic heterocycles. The van der Waals surface area contributed by atoms with Gasteiger partial charge in [0, 0.05) is 12.2 Å². The molecule has 1 fully saturated rings. The van der Waals surface area contributed by atoms with E-state index in [1.165, 1.54) is 0 Å². The minimum absolute atomic E-state index is 0.108. The Morgan fingerprint density at radius 2 is 1.94 bits per heavy atom. The third-order valence-electron chi connectivity index (χ3n) is 3.02. The maximum atomic E-state index is 12.2. The molecule has 0 bridgehead atoms. The van der Waals surface area contributed by atoms with Crippen LogP contribution in [0.15, 0.2) is 30.3 Å². The fourth-order valence-corrected chi connectivity index (χ4v) is 2.31. The highest BCUT2D eigenvalue weighted by Crippen LogP contribution is 2.27. The number of anilines is 1. The molecule has 0 aliphatic carbocycles. The Balaban J connectivity index is 2.11. The van der Waals surface area contributed by atoms with E-state index in [9.17, 15) is 4.79 Å². The van der Waals surface area contributed by atoms with Crippen LogP contribution < -0.4 is 4.90 Å². The number of hydrogen-bond acceptors (Lipinski definition) is 3. The van der Waals surface area contributed by atoms with Crippen LogP contribution in [0.2, 0.25) is 0 Å². The summed E-state index contributed by atoms with van der Waals surface area (Å²) in [6.45, 7) is 6.65. The maximum absolute atomic E-state index is 12.2. The molecule has 1 aromatic rings. The van der Waals surface area contributed by atoms with E-state index >= 15 is 0 Å². The average molecular weight is 247 g/mol. The van der Waals surface area contributed by atoms with Crippen LogP contribution in [0.25, 0.3) is 0 Å². The van der Waals surface area contributed by atoms with E-state index in [1.807, 2.05) is 51.1 Å². The van der Waals surface area contributed by atoms with Crippen LogP contribution in [-0.4, -0.2) is 24.2 Å². The van der Waals surface area contributed by atoms with Gasteiger partial charge in [-0.2, -0.15) is 0 Å². The fraction of sp³-hybridized carbons (Fsp3) is 0.533. The minimum atomic E-state index is -0.415. The van der Waals surface area contributed by atoms with Crippen LogP contribution >= 0.6 is 0 Å². The first-order valence-electron chi connectivity index (χ1n) is 6.52. The van der Waals surface area contributed by atoms with Gasteiger partial charge in [0.05, 0.1) is 0 Å². The standard InChI is InChI=1S/C15H21NO2/c1-15(2,3)18-14(17)13-10-7-11-16(13)12-8-5-4-6-9-12/h4-6,8-9,13H,7,10-11H2,1-3H3. The smallest absolute Gasteiger partial charge is 0.329 e. The highest BCUT2D eigenvalue weighted by Gasteiger charge is 2.34. The molecule has 1 aromatic carbocycles. The molecule has 1 saturated heterocycles. The van der Waals surface area contributed by atoms with Gasteiger partial charge in [0.2, 0.25) is 0 Å². The van der Waals surface area contributed by atoms with Crippen LogP contribution in [0, 0.1) is 0 Å². The Labute approximate surface area is 109 Å². The zero-order valence-corrected chi connectivity index (χ0v) is 11.3. The second kappa shape index (κ2) is 5.01. The Morgan fingerprint density at radius 1 is 1.28 bits per heavy atom. The monoisotopic (exact) mass is 247 g/mol. The van der Waals surface area contributed by atoms with E-state index in [4.69, 9.17) is 4.74 Å². The molecule has 1 atom stereocenters. The van der Waals surface area contributed by atoms with Gasteiger partial charge in [0.1, 0.15) is 11.6 Å². The fourth-order valence-electron chi connectivity index (χ4n) is 2.31. The zero-order chi connectivity index (χ0) is 13.2. The van der Waals surface area contributed by atoms with Gasteiger partial charge in [-0.25, -0.2) is 4.79 Å². The summed E-state index contributed by atoms with van der Waals surface area (Å²) < 4.78 is 5.49. The summed E-state index contributed by atoms with van der Waals surface area (Å²) >= 11 is 0. The maximum Gasteiger partial charge on any atom is 0.329 e. The van der Waals surface area contributed by atoms with Gasteiger partial charge in [-0.1, -0.05) is 18.2 Å². The molecular weight excluding hydrogens is 226 g/mol. The molecule has 1 aliphatic rings. The van der Waals surface area contributed by atoms with Crippen molar-refractivity contribution in [1.29, 1.82) is 0 Å². The summed E-state index contributed by atoms with van der Waals surface area (Å²) in [5.74, 6) is -0.108. The SMILES string of the molecule is CC(C)(C)OC(=O)C1CCCN1c1ccccc1. The summed E-state index contributed by atoms with van der Waals surface area (Å²) in [4.78, 5) is 14.3. The van der Waals surface area contributed by atoms with Gasteiger partial charge < -0.3 is 9.64 Å². The van der Waals surface area contributed by atoms with Crippen molar-refractivity contribution in [3.8, 4) is 0 Å². The van der Waals surface area contributed by atoms with Gasteiger partial charge in [-0.3, -0.25) is 0 Å². The van der Waals surface area contributed by atoms with Crippen LogP contribution in [0.4, 0.5) is 5.69 Å². The van der Waals surface area contributed by atoms with E-state index in [0.717, 1.165) is 25.1 Å². The summed E-state index contributed by atoms with van der Waals surface area (Å²) in [7, 11) is 0. The first kappa shape index (κ1) is 12.9. The molecule has 1 heterocycles. The summed E-state index contributed by atoms with van der Waals surface area (Å²) in [6.07, 6.45) is 1.92. The number of benzene rings is 1. The van der Waals surface area contributed by atoms with Crippen molar-refractivity contribution in [3.63, 3.8) is 0 Å². The number of esters is 1. The molecule has 98 valence electrons. The third kappa shape index (κ3) is 3.03. The van der Waals surface area contributed by atoms with Gasteiger partial charge in [-0.15, -0.1) is 0 Å². The lowest BCUT2D eigenvalue weighted by Gasteiger charge is -2.28. The van der Waals surface area contributed by atoms with Crippen molar-refractivity contribution in [2.75, 3.05) is 11.4 Å². The predicted octanol–water partition coefficient (Wildman–Crippen LogP) is 3.00. The normalized spacial score (nSPS) is 19.9. The van der Waals surface area contributed by atoms with Gasteiger partial charge in [0.25, 0.3) is 0 Å². The number of carbonyl (C=O) groups is 1. The number of carbonyl (C=O) groups excluding carboxylic acids is 1.